The van der Waals surface area contributed by atoms with Gasteiger partial charge in [-0.1, -0.05) is 44.0 Å². The maximum atomic E-state index is 14.1. The molecule has 0 amide bonds. The van der Waals surface area contributed by atoms with Crippen LogP contribution in [-0.2, 0) is 6.54 Å². The van der Waals surface area contributed by atoms with Crippen LogP contribution >= 0.6 is 31.9 Å². The van der Waals surface area contributed by atoms with Crippen LogP contribution in [-0.4, -0.2) is 18.5 Å². The van der Waals surface area contributed by atoms with Gasteiger partial charge < -0.3 is 5.73 Å². The Balaban J connectivity index is 2.22. The topological polar surface area (TPSA) is 29.3 Å². The van der Waals surface area contributed by atoms with Crippen LogP contribution in [0.15, 0.2) is 51.4 Å². The molecule has 2 nitrogen and oxygen atoms in total. The first-order valence-electron chi connectivity index (χ1n) is 6.61. The molecule has 0 bridgehead atoms. The third kappa shape index (κ3) is 4.36. The van der Waals surface area contributed by atoms with Crippen LogP contribution in [0.4, 0.5) is 4.39 Å². The van der Waals surface area contributed by atoms with Gasteiger partial charge in [0.15, 0.2) is 0 Å². The van der Waals surface area contributed by atoms with Crippen LogP contribution in [0.5, 0.6) is 0 Å². The Morgan fingerprint density at radius 1 is 1.14 bits per heavy atom. The molecule has 21 heavy (non-hydrogen) atoms. The molecule has 0 aliphatic carbocycles. The molecular weight excluding hydrogens is 399 g/mol. The van der Waals surface area contributed by atoms with Gasteiger partial charge in [0.1, 0.15) is 5.82 Å². The summed E-state index contributed by atoms with van der Waals surface area (Å²) in [6.45, 7) is 1.06. The fraction of sp³-hybridized carbons (Fsp3) is 0.250. The summed E-state index contributed by atoms with van der Waals surface area (Å²) in [5.41, 5.74) is 7.64. The average Bonchev–Trinajstić information content (AvgIpc) is 2.43. The van der Waals surface area contributed by atoms with Gasteiger partial charge in [-0.25, -0.2) is 4.39 Å². The minimum absolute atomic E-state index is 0.165. The van der Waals surface area contributed by atoms with E-state index in [-0.39, 0.29) is 11.9 Å². The summed E-state index contributed by atoms with van der Waals surface area (Å²) in [6, 6.07) is 12.9. The van der Waals surface area contributed by atoms with Crippen molar-refractivity contribution in [2.24, 2.45) is 5.73 Å². The van der Waals surface area contributed by atoms with Gasteiger partial charge in [0, 0.05) is 33.6 Å². The van der Waals surface area contributed by atoms with Crippen molar-refractivity contribution in [3.63, 3.8) is 0 Å². The fourth-order valence-electron chi connectivity index (χ4n) is 2.35. The van der Waals surface area contributed by atoms with Crippen LogP contribution < -0.4 is 5.73 Å². The van der Waals surface area contributed by atoms with E-state index in [1.807, 2.05) is 25.2 Å². The van der Waals surface area contributed by atoms with Crippen molar-refractivity contribution in [2.45, 2.75) is 12.6 Å². The number of hydrogen-bond donors (Lipinski definition) is 1. The van der Waals surface area contributed by atoms with Gasteiger partial charge in [-0.15, -0.1) is 0 Å². The molecule has 0 spiro atoms. The first-order valence-corrected chi connectivity index (χ1v) is 8.19. The Kier molecular flexibility index (Phi) is 5.93. The van der Waals surface area contributed by atoms with Crippen molar-refractivity contribution < 1.29 is 4.39 Å². The highest BCUT2D eigenvalue weighted by Gasteiger charge is 2.19. The summed E-state index contributed by atoms with van der Waals surface area (Å²) in [5, 5.41) is 0. The molecule has 2 aromatic carbocycles. The Morgan fingerprint density at radius 2 is 1.86 bits per heavy atom. The fourth-order valence-corrected chi connectivity index (χ4v) is 3.17. The van der Waals surface area contributed by atoms with Crippen molar-refractivity contribution in [3.05, 3.63) is 68.4 Å². The molecule has 2 aromatic rings. The van der Waals surface area contributed by atoms with Crippen molar-refractivity contribution >= 4 is 31.9 Å². The van der Waals surface area contributed by atoms with Crippen molar-refractivity contribution in [3.8, 4) is 0 Å². The average molecular weight is 416 g/mol. The summed E-state index contributed by atoms with van der Waals surface area (Å²) >= 11 is 6.85. The number of nitrogens with two attached hydrogens (primary N) is 1. The Labute approximate surface area is 141 Å². The second kappa shape index (κ2) is 7.49. The zero-order valence-corrected chi connectivity index (χ0v) is 14.9. The molecule has 0 saturated heterocycles. The van der Waals surface area contributed by atoms with Gasteiger partial charge in [-0.2, -0.15) is 0 Å². The summed E-state index contributed by atoms with van der Waals surface area (Å²) < 4.78 is 15.9. The van der Waals surface area contributed by atoms with Crippen molar-refractivity contribution in [1.29, 1.82) is 0 Å². The van der Waals surface area contributed by atoms with Gasteiger partial charge in [-0.3, -0.25) is 4.90 Å². The van der Waals surface area contributed by atoms with Crippen LogP contribution in [0.25, 0.3) is 0 Å². The lowest BCUT2D eigenvalue weighted by atomic mass is 10.0. The van der Waals surface area contributed by atoms with E-state index in [9.17, 15) is 4.39 Å². The van der Waals surface area contributed by atoms with Gasteiger partial charge in [-0.05, 0) is 42.9 Å². The molecule has 0 radical (unpaired) electrons. The van der Waals surface area contributed by atoms with E-state index >= 15 is 0 Å². The molecule has 1 atom stereocenters. The predicted molar refractivity (Wildman–Crippen MR) is 91.5 cm³/mol. The molecule has 112 valence electrons. The lowest BCUT2D eigenvalue weighted by Gasteiger charge is -2.28. The van der Waals surface area contributed by atoms with Crippen LogP contribution in [0.1, 0.15) is 17.2 Å². The highest BCUT2D eigenvalue weighted by molar-refractivity contribution is 9.10. The molecule has 0 saturated carbocycles. The van der Waals surface area contributed by atoms with Gasteiger partial charge in [0.05, 0.1) is 0 Å². The zero-order chi connectivity index (χ0) is 15.4. The molecule has 0 heterocycles. The first-order chi connectivity index (χ1) is 10.0. The molecule has 0 aromatic heterocycles. The lowest BCUT2D eigenvalue weighted by molar-refractivity contribution is 0.236. The third-order valence-corrected chi connectivity index (χ3v) is 4.38. The van der Waals surface area contributed by atoms with E-state index in [1.54, 1.807) is 12.1 Å². The minimum Gasteiger partial charge on any atom is -0.329 e. The first kappa shape index (κ1) is 16.6. The Hall–Kier alpha value is -0.750. The summed E-state index contributed by atoms with van der Waals surface area (Å²) in [5.74, 6) is -0.227. The smallest absolute Gasteiger partial charge is 0.128 e. The summed E-state index contributed by atoms with van der Waals surface area (Å²) in [4.78, 5) is 2.06. The van der Waals surface area contributed by atoms with Gasteiger partial charge >= 0.3 is 0 Å². The third-order valence-electron chi connectivity index (χ3n) is 3.39. The zero-order valence-electron chi connectivity index (χ0n) is 11.7. The quantitative estimate of drug-likeness (QED) is 0.779. The monoisotopic (exact) mass is 414 g/mol. The standard InChI is InChI=1S/C16H17Br2FN2/c1-21(10-11-3-2-4-12(17)7-11)16(9-20)14-8-13(18)5-6-15(14)19/h2-8,16H,9-10,20H2,1H3. The van der Waals surface area contributed by atoms with E-state index in [0.29, 0.717) is 18.7 Å². The second-order valence-electron chi connectivity index (χ2n) is 4.96. The lowest BCUT2D eigenvalue weighted by Crippen LogP contribution is -2.30. The normalized spacial score (nSPS) is 12.7. The maximum Gasteiger partial charge on any atom is 0.128 e. The molecule has 0 fully saturated rings. The Bertz CT molecular complexity index is 619. The highest BCUT2D eigenvalue weighted by atomic mass is 79.9. The molecule has 1 unspecified atom stereocenters. The Morgan fingerprint density at radius 3 is 2.52 bits per heavy atom. The van der Waals surface area contributed by atoms with Crippen molar-refractivity contribution in [1.82, 2.24) is 4.90 Å². The van der Waals surface area contributed by atoms with Crippen molar-refractivity contribution in [2.75, 3.05) is 13.6 Å². The van der Waals surface area contributed by atoms with E-state index in [2.05, 4.69) is 42.8 Å². The molecule has 0 aliphatic heterocycles. The predicted octanol–water partition coefficient (Wildman–Crippen LogP) is 4.48. The summed E-state index contributed by atoms with van der Waals surface area (Å²) in [7, 11) is 1.96. The molecule has 5 heteroatoms. The number of rotatable bonds is 5. The molecular formula is C16H17Br2FN2. The van der Waals surface area contributed by atoms with Crippen LogP contribution in [0.2, 0.25) is 0 Å². The van der Waals surface area contributed by atoms with Gasteiger partial charge in [0.25, 0.3) is 0 Å². The van der Waals surface area contributed by atoms with Gasteiger partial charge in [0.2, 0.25) is 0 Å². The second-order valence-corrected chi connectivity index (χ2v) is 6.79. The van der Waals surface area contributed by atoms with E-state index in [0.717, 1.165) is 14.5 Å². The number of hydrogen-bond acceptors (Lipinski definition) is 2. The molecule has 0 aliphatic rings. The highest BCUT2D eigenvalue weighted by Crippen LogP contribution is 2.26. The largest absolute Gasteiger partial charge is 0.329 e. The molecule has 2 rings (SSSR count). The minimum atomic E-state index is -0.227. The van der Waals surface area contributed by atoms with E-state index < -0.39 is 0 Å². The number of halogens is 3. The number of nitrogens with zero attached hydrogens (tertiary/aromatic N) is 1. The van der Waals surface area contributed by atoms with E-state index in [1.165, 1.54) is 6.07 Å². The number of benzene rings is 2. The number of likely N-dealkylation sites (N-methyl/N-ethyl adjacent to an activating group) is 1. The SMILES string of the molecule is CN(Cc1cccc(Br)c1)C(CN)c1cc(Br)ccc1F. The summed E-state index contributed by atoms with van der Waals surface area (Å²) in [6.07, 6.45) is 0. The van der Waals surface area contributed by atoms with Crippen LogP contribution in [0, 0.1) is 5.82 Å². The molecule has 2 N–H and O–H groups in total. The van der Waals surface area contributed by atoms with Crippen LogP contribution in [0.3, 0.4) is 0 Å². The maximum absolute atomic E-state index is 14.1. The van der Waals surface area contributed by atoms with E-state index in [4.69, 9.17) is 5.73 Å².